The number of aliphatic hydroxyl groups excluding tert-OH is 1. The molecule has 4 rings (SSSR count). The average Bonchev–Trinajstić information content (AvgIpc) is 3.20. The van der Waals surface area contributed by atoms with Crippen LogP contribution in [0.5, 0.6) is 5.75 Å². The largest absolute Gasteiger partial charge is 0.512 e. The fraction of sp³-hybridized carbons (Fsp3) is 0.407. The molecule has 1 aliphatic heterocycles. The molecule has 34 heavy (non-hydrogen) atoms. The summed E-state index contributed by atoms with van der Waals surface area (Å²) < 4.78 is 7.98. The fourth-order valence-corrected chi connectivity index (χ4v) is 4.53. The predicted molar refractivity (Wildman–Crippen MR) is 139 cm³/mol. The Morgan fingerprint density at radius 3 is 2.47 bits per heavy atom. The van der Waals surface area contributed by atoms with E-state index < -0.39 is 0 Å². The van der Waals surface area contributed by atoms with Crippen molar-refractivity contribution in [2.45, 2.75) is 40.0 Å². The van der Waals surface area contributed by atoms with Gasteiger partial charge in [0.05, 0.1) is 23.4 Å². The van der Waals surface area contributed by atoms with Gasteiger partial charge in [0, 0.05) is 43.9 Å². The molecule has 0 unspecified atom stereocenters. The zero-order valence-corrected chi connectivity index (χ0v) is 20.4. The van der Waals surface area contributed by atoms with Crippen molar-refractivity contribution >= 4 is 22.3 Å². The third kappa shape index (κ3) is 5.25. The number of piperazine rings is 1. The summed E-state index contributed by atoms with van der Waals surface area (Å²) in [5.41, 5.74) is 4.91. The van der Waals surface area contributed by atoms with Crippen LogP contribution < -0.4 is 15.1 Å². The number of allylic oxidation sites excluding steroid dienone is 2. The zero-order chi connectivity index (χ0) is 24.1. The summed E-state index contributed by atoms with van der Waals surface area (Å²) in [4.78, 5) is 5.02. The van der Waals surface area contributed by atoms with Gasteiger partial charge in [0.1, 0.15) is 11.6 Å². The molecule has 7 heteroatoms. The van der Waals surface area contributed by atoms with Gasteiger partial charge in [0.25, 0.3) is 0 Å². The highest BCUT2D eigenvalue weighted by atomic mass is 16.5. The monoisotopic (exact) mass is 461 g/mol. The maximum Gasteiger partial charge on any atom is 0.129 e. The second-order valence-electron chi connectivity index (χ2n) is 8.82. The molecule has 0 spiro atoms. The van der Waals surface area contributed by atoms with Crippen LogP contribution in [0, 0.1) is 5.41 Å². The number of aryl methyl sites for hydroxylation is 2. The van der Waals surface area contributed by atoms with Gasteiger partial charge in [0.15, 0.2) is 0 Å². The average molecular weight is 462 g/mol. The number of ether oxygens (including phenoxy) is 1. The SMILES string of the molecule is CCCOc1ccc(CCc2nc3cc(/C(C(C)=N)=C(\C)O)ccc3n2N2CCNCC2)cc1. The Bertz CT molecular complexity index is 1170. The Kier molecular flexibility index (Phi) is 7.53. The predicted octanol–water partition coefficient (Wildman–Crippen LogP) is 4.48. The molecule has 0 aliphatic carbocycles. The van der Waals surface area contributed by atoms with Gasteiger partial charge in [0.2, 0.25) is 0 Å². The van der Waals surface area contributed by atoms with Crippen molar-refractivity contribution in [3.05, 3.63) is 65.2 Å². The minimum atomic E-state index is 0.153. The van der Waals surface area contributed by atoms with Gasteiger partial charge in [-0.2, -0.15) is 0 Å². The lowest BCUT2D eigenvalue weighted by molar-refractivity contribution is 0.317. The molecule has 3 N–H and O–H groups in total. The van der Waals surface area contributed by atoms with Crippen molar-refractivity contribution < 1.29 is 9.84 Å². The molecule has 0 radical (unpaired) electrons. The van der Waals surface area contributed by atoms with Gasteiger partial charge >= 0.3 is 0 Å². The molecule has 2 heterocycles. The lowest BCUT2D eigenvalue weighted by Gasteiger charge is -2.32. The van der Waals surface area contributed by atoms with E-state index >= 15 is 0 Å². The molecule has 1 aliphatic rings. The second-order valence-corrected chi connectivity index (χ2v) is 8.82. The maximum absolute atomic E-state index is 10.1. The standard InChI is InChI=1S/C27H35N5O2/c1-4-17-34-23-9-5-21(6-10-23)7-12-26-30-24-18-22(27(19(2)28)20(3)33)8-11-25(24)32(26)31-15-13-29-14-16-31/h5-6,8-11,18,28-29,33H,4,7,12-17H2,1-3H3/b27-20+,28-19?. The van der Waals surface area contributed by atoms with E-state index in [4.69, 9.17) is 15.1 Å². The molecule has 2 aromatic carbocycles. The van der Waals surface area contributed by atoms with Crippen molar-refractivity contribution in [3.63, 3.8) is 0 Å². The van der Waals surface area contributed by atoms with Crippen molar-refractivity contribution in [1.82, 2.24) is 15.0 Å². The molecule has 1 aromatic heterocycles. The summed E-state index contributed by atoms with van der Waals surface area (Å²) in [7, 11) is 0. The zero-order valence-electron chi connectivity index (χ0n) is 20.4. The first-order valence-corrected chi connectivity index (χ1v) is 12.1. The highest BCUT2D eigenvalue weighted by Gasteiger charge is 2.20. The van der Waals surface area contributed by atoms with E-state index in [9.17, 15) is 5.11 Å². The Hall–Kier alpha value is -3.32. The third-order valence-corrected chi connectivity index (χ3v) is 6.13. The fourth-order valence-electron chi connectivity index (χ4n) is 4.53. The van der Waals surface area contributed by atoms with Crippen LogP contribution in [-0.4, -0.2) is 53.3 Å². The first-order valence-electron chi connectivity index (χ1n) is 12.1. The van der Waals surface area contributed by atoms with E-state index in [2.05, 4.69) is 40.1 Å². The summed E-state index contributed by atoms with van der Waals surface area (Å²) in [6, 6.07) is 14.4. The molecule has 1 fully saturated rings. The van der Waals surface area contributed by atoms with Crippen LogP contribution in [-0.2, 0) is 12.8 Å². The molecule has 1 saturated heterocycles. The minimum Gasteiger partial charge on any atom is -0.512 e. The summed E-state index contributed by atoms with van der Waals surface area (Å²) in [6.07, 6.45) is 2.70. The lowest BCUT2D eigenvalue weighted by atomic mass is 10.0. The number of nitrogens with zero attached hydrogens (tertiary/aromatic N) is 3. The topological polar surface area (TPSA) is 86.4 Å². The number of imidazole rings is 1. The Labute approximate surface area is 201 Å². The molecule has 0 saturated carbocycles. The van der Waals surface area contributed by atoms with Crippen molar-refractivity contribution in [2.75, 3.05) is 37.8 Å². The van der Waals surface area contributed by atoms with E-state index in [1.165, 1.54) is 5.56 Å². The number of hydrogen-bond donors (Lipinski definition) is 3. The summed E-state index contributed by atoms with van der Waals surface area (Å²) in [5.74, 6) is 2.09. The number of benzene rings is 2. The number of aromatic nitrogens is 2. The Morgan fingerprint density at radius 1 is 1.09 bits per heavy atom. The van der Waals surface area contributed by atoms with Crippen molar-refractivity contribution in [2.24, 2.45) is 0 Å². The number of nitrogens with one attached hydrogen (secondary N) is 2. The van der Waals surface area contributed by atoms with Gasteiger partial charge in [-0.05, 0) is 62.1 Å². The number of fused-ring (bicyclic) bond motifs is 1. The minimum absolute atomic E-state index is 0.153. The molecule has 0 amide bonds. The highest BCUT2D eigenvalue weighted by molar-refractivity contribution is 6.22. The molecule has 0 atom stereocenters. The van der Waals surface area contributed by atoms with E-state index in [-0.39, 0.29) is 5.76 Å². The van der Waals surface area contributed by atoms with Crippen molar-refractivity contribution in [3.8, 4) is 5.75 Å². The second kappa shape index (κ2) is 10.7. The third-order valence-electron chi connectivity index (χ3n) is 6.13. The highest BCUT2D eigenvalue weighted by Crippen LogP contribution is 2.26. The Morgan fingerprint density at radius 2 is 1.82 bits per heavy atom. The number of aliphatic hydroxyl groups is 1. The normalized spacial score (nSPS) is 14.9. The summed E-state index contributed by atoms with van der Waals surface area (Å²) >= 11 is 0. The van der Waals surface area contributed by atoms with Crippen LogP contribution >= 0.6 is 0 Å². The van der Waals surface area contributed by atoms with Gasteiger partial charge in [-0.1, -0.05) is 25.1 Å². The molecule has 7 nitrogen and oxygen atoms in total. The lowest BCUT2D eigenvalue weighted by Crippen LogP contribution is -2.49. The molecule has 0 bridgehead atoms. The van der Waals surface area contributed by atoms with E-state index in [1.807, 2.05) is 24.3 Å². The van der Waals surface area contributed by atoms with Crippen molar-refractivity contribution in [1.29, 1.82) is 5.41 Å². The Balaban J connectivity index is 1.65. The van der Waals surface area contributed by atoms with Crippen LogP contribution in [0.2, 0.25) is 0 Å². The number of hydrogen-bond acceptors (Lipinski definition) is 6. The van der Waals surface area contributed by atoms with Crippen LogP contribution in [0.4, 0.5) is 0 Å². The van der Waals surface area contributed by atoms with Crippen LogP contribution in [0.1, 0.15) is 44.1 Å². The van der Waals surface area contributed by atoms with Gasteiger partial charge in [-0.15, -0.1) is 0 Å². The van der Waals surface area contributed by atoms with E-state index in [0.29, 0.717) is 11.3 Å². The van der Waals surface area contributed by atoms with E-state index in [1.54, 1.807) is 13.8 Å². The first-order chi connectivity index (χ1) is 16.5. The van der Waals surface area contributed by atoms with E-state index in [0.717, 1.165) is 80.2 Å². The summed E-state index contributed by atoms with van der Waals surface area (Å²) in [5, 5.41) is 24.0. The maximum atomic E-state index is 10.1. The molecule has 3 aromatic rings. The van der Waals surface area contributed by atoms with Gasteiger partial charge in [-0.25, -0.2) is 9.66 Å². The van der Waals surface area contributed by atoms with Crippen LogP contribution in [0.3, 0.4) is 0 Å². The summed E-state index contributed by atoms with van der Waals surface area (Å²) in [6.45, 7) is 9.90. The number of rotatable bonds is 9. The first kappa shape index (κ1) is 23.8. The van der Waals surface area contributed by atoms with Crippen LogP contribution in [0.15, 0.2) is 48.2 Å². The van der Waals surface area contributed by atoms with Crippen LogP contribution in [0.25, 0.3) is 16.6 Å². The quantitative estimate of drug-likeness (QED) is 0.323. The molecule has 180 valence electrons. The molecular formula is C27H35N5O2. The van der Waals surface area contributed by atoms with Gasteiger partial charge < -0.3 is 25.6 Å². The molecular weight excluding hydrogens is 426 g/mol. The van der Waals surface area contributed by atoms with Gasteiger partial charge in [-0.3, -0.25) is 0 Å². The smallest absolute Gasteiger partial charge is 0.129 e.